The van der Waals surface area contributed by atoms with Crippen LogP contribution in [-0.4, -0.2) is 64.6 Å². The van der Waals surface area contributed by atoms with Gasteiger partial charge in [0.1, 0.15) is 17.7 Å². The number of carbonyl (C=O) groups is 3. The number of aliphatic carboxylic acids is 1. The Kier molecular flexibility index (Phi) is 9.28. The third-order valence-corrected chi connectivity index (χ3v) is 7.24. The number of phenols is 1. The fourth-order valence-corrected chi connectivity index (χ4v) is 5.46. The van der Waals surface area contributed by atoms with Crippen molar-refractivity contribution in [3.8, 4) is 5.75 Å². The van der Waals surface area contributed by atoms with Crippen LogP contribution < -0.4 is 24.0 Å². The van der Waals surface area contributed by atoms with Gasteiger partial charge in [-0.1, -0.05) is 27.7 Å². The number of hydrogen-bond acceptors (Lipinski definition) is 9. The first kappa shape index (κ1) is 29.0. The summed E-state index contributed by atoms with van der Waals surface area (Å²) in [5.41, 5.74) is 0.591. The molecule has 0 aliphatic carbocycles. The van der Waals surface area contributed by atoms with Crippen molar-refractivity contribution in [1.82, 2.24) is 4.90 Å². The number of thioether (sulfide) groups is 1. The number of nitrogens with zero attached hydrogens (tertiary/aromatic N) is 2. The van der Waals surface area contributed by atoms with Crippen molar-refractivity contribution in [3.05, 3.63) is 40.1 Å². The Morgan fingerprint density at radius 1 is 1.29 bits per heavy atom. The summed E-state index contributed by atoms with van der Waals surface area (Å²) in [6.07, 6.45) is 1.52. The summed E-state index contributed by atoms with van der Waals surface area (Å²) in [5, 5.41) is 21.8. The molecule has 2 aliphatic heterocycles. The molecule has 2 aliphatic rings. The van der Waals surface area contributed by atoms with Gasteiger partial charge in [0.05, 0.1) is 11.7 Å². The van der Waals surface area contributed by atoms with Crippen LogP contribution in [0, 0.1) is 0 Å². The number of benzene rings is 1. The quantitative estimate of drug-likeness (QED) is 0.208. The fourth-order valence-electron chi connectivity index (χ4n) is 4.05. The maximum absolute atomic E-state index is 13.2. The molecule has 9 nitrogen and oxygen atoms in total. The van der Waals surface area contributed by atoms with Crippen molar-refractivity contribution in [2.75, 3.05) is 19.5 Å². The number of rotatable bonds is 8. The number of carboxylic acids is 1. The zero-order chi connectivity index (χ0) is 25.4. The second-order valence-corrected chi connectivity index (χ2v) is 9.94. The average molecular weight is 497 g/mol. The molecule has 0 radical (unpaired) electrons. The number of hydrogen-bond donors (Lipinski definition) is 1. The van der Waals surface area contributed by atoms with E-state index in [1.54, 1.807) is 0 Å². The Morgan fingerprint density at radius 3 is 2.31 bits per heavy atom. The molecule has 1 fully saturated rings. The summed E-state index contributed by atoms with van der Waals surface area (Å²) < 4.78 is 10.5. The predicted octanol–water partition coefficient (Wildman–Crippen LogP) is -1.11. The molecule has 0 saturated carbocycles. The number of aliphatic imine (C=N–C) groups is 1. The third-order valence-electron chi connectivity index (χ3n) is 5.88. The molecule has 2 atom stereocenters. The zero-order valence-corrected chi connectivity index (χ0v) is 21.9. The molecule has 1 N–H and O–H groups in total. The van der Waals surface area contributed by atoms with Gasteiger partial charge in [-0.3, -0.25) is 14.5 Å². The minimum absolute atomic E-state index is 0. The van der Waals surface area contributed by atoms with Crippen LogP contribution in [0.15, 0.2) is 28.4 Å². The van der Waals surface area contributed by atoms with E-state index in [9.17, 15) is 24.6 Å². The van der Waals surface area contributed by atoms with Crippen LogP contribution in [0.5, 0.6) is 5.75 Å². The summed E-state index contributed by atoms with van der Waals surface area (Å²) in [4.78, 5) is 41.7. The SMILES string of the molecule is CO[C@@]1(/N=C/c2cc(C(C)C)c(O)c(C(C)C)c2)C(=O)N2C(C(=O)[O-])=C(COC(C)=O)CS[C@@H]21.[Li+]. The number of β-lactam (4-membered cyclic amide) rings is 1. The molecule has 0 aromatic heterocycles. The Labute approximate surface area is 221 Å². The monoisotopic (exact) mass is 496 g/mol. The topological polar surface area (TPSA) is 129 Å². The largest absolute Gasteiger partial charge is 1.00 e. The molecule has 1 aromatic rings. The molecule has 0 bridgehead atoms. The van der Waals surface area contributed by atoms with E-state index in [0.29, 0.717) is 5.56 Å². The number of ether oxygens (including phenoxy) is 2. The molecular weight excluding hydrogens is 467 g/mol. The van der Waals surface area contributed by atoms with Crippen LogP contribution in [0.2, 0.25) is 0 Å². The van der Waals surface area contributed by atoms with E-state index in [4.69, 9.17) is 9.47 Å². The van der Waals surface area contributed by atoms with Crippen molar-refractivity contribution in [2.45, 2.75) is 57.6 Å². The van der Waals surface area contributed by atoms with Crippen molar-refractivity contribution >= 4 is 35.8 Å². The first-order valence-corrected chi connectivity index (χ1v) is 12.0. The van der Waals surface area contributed by atoms with E-state index in [1.807, 2.05) is 39.8 Å². The van der Waals surface area contributed by atoms with Gasteiger partial charge in [-0.15, -0.1) is 11.8 Å². The van der Waals surface area contributed by atoms with Gasteiger partial charge in [0.25, 0.3) is 11.6 Å². The Morgan fingerprint density at radius 2 is 1.86 bits per heavy atom. The number of amides is 1. The molecule has 2 heterocycles. The van der Waals surface area contributed by atoms with Crippen LogP contribution in [0.4, 0.5) is 0 Å². The van der Waals surface area contributed by atoms with Crippen LogP contribution >= 0.6 is 11.8 Å². The summed E-state index contributed by atoms with van der Waals surface area (Å²) >= 11 is 1.27. The number of esters is 1. The molecule has 35 heavy (non-hydrogen) atoms. The maximum atomic E-state index is 13.2. The number of phenolic OH excluding ortho intramolecular Hbond substituents is 1. The second kappa shape index (κ2) is 11.2. The number of aromatic hydroxyl groups is 1. The van der Waals surface area contributed by atoms with Gasteiger partial charge in [-0.2, -0.15) is 0 Å². The molecular formula is C24H29LiN2O7S. The van der Waals surface area contributed by atoms with E-state index in [1.165, 1.54) is 32.0 Å². The van der Waals surface area contributed by atoms with E-state index < -0.39 is 28.9 Å². The molecule has 11 heteroatoms. The molecule has 0 unspecified atom stereocenters. The maximum Gasteiger partial charge on any atom is 1.00 e. The van der Waals surface area contributed by atoms with Crippen molar-refractivity contribution in [2.24, 2.45) is 4.99 Å². The zero-order valence-electron chi connectivity index (χ0n) is 21.1. The third kappa shape index (κ3) is 5.31. The van der Waals surface area contributed by atoms with Gasteiger partial charge < -0.3 is 24.5 Å². The Hall–Kier alpha value is -2.25. The van der Waals surface area contributed by atoms with Gasteiger partial charge in [0.15, 0.2) is 0 Å². The fraction of sp³-hybridized carbons (Fsp3) is 0.500. The Balaban J connectivity index is 0.00000432. The molecule has 184 valence electrons. The molecule has 1 saturated heterocycles. The summed E-state index contributed by atoms with van der Waals surface area (Å²) in [5.74, 6) is -2.13. The Bertz CT molecular complexity index is 1060. The molecule has 1 aromatic carbocycles. The second-order valence-electron chi connectivity index (χ2n) is 8.87. The normalized spacial score (nSPS) is 21.8. The van der Waals surface area contributed by atoms with Gasteiger partial charge in [-0.25, -0.2) is 4.99 Å². The van der Waals surface area contributed by atoms with Crippen molar-refractivity contribution < 1.29 is 52.9 Å². The standard InChI is InChI=1S/C24H30N2O7S.Li/c1-12(2)17-7-15(8-18(13(3)4)20(17)28)9-25-24(32-6)22(31)26-19(21(29)30)16(10-33-14(5)27)11-34-23(24)26;/h7-9,12-13,23,28H,10-11H2,1-6H3,(H,29,30);/q;+1/p-1/b25-9+;/t23-,24+;/m1./s1. The minimum Gasteiger partial charge on any atom is -0.543 e. The van der Waals surface area contributed by atoms with Gasteiger partial charge >= 0.3 is 24.8 Å². The molecule has 3 rings (SSSR count). The van der Waals surface area contributed by atoms with Crippen LogP contribution in [-0.2, 0) is 23.9 Å². The van der Waals surface area contributed by atoms with E-state index in [2.05, 4.69) is 4.99 Å². The first-order valence-electron chi connectivity index (χ1n) is 10.9. The van der Waals surface area contributed by atoms with Gasteiger partial charge in [0, 0.05) is 31.6 Å². The van der Waals surface area contributed by atoms with Crippen molar-refractivity contribution in [1.29, 1.82) is 0 Å². The number of carbonyl (C=O) groups excluding carboxylic acids is 3. The van der Waals surface area contributed by atoms with Gasteiger partial charge in [-0.05, 0) is 40.7 Å². The predicted molar refractivity (Wildman–Crippen MR) is 125 cm³/mol. The number of carboxylic acid groups (broad SMARTS) is 1. The smallest absolute Gasteiger partial charge is 0.543 e. The van der Waals surface area contributed by atoms with Gasteiger partial charge in [0.2, 0.25) is 0 Å². The van der Waals surface area contributed by atoms with E-state index >= 15 is 0 Å². The van der Waals surface area contributed by atoms with Crippen LogP contribution in [0.3, 0.4) is 0 Å². The van der Waals surface area contributed by atoms with E-state index in [0.717, 1.165) is 16.0 Å². The summed E-state index contributed by atoms with van der Waals surface area (Å²) in [6.45, 7) is 8.88. The van der Waals surface area contributed by atoms with Crippen molar-refractivity contribution in [3.63, 3.8) is 0 Å². The molecule has 0 spiro atoms. The minimum atomic E-state index is -1.60. The first-order chi connectivity index (χ1) is 15.9. The summed E-state index contributed by atoms with van der Waals surface area (Å²) in [7, 11) is 1.35. The van der Waals surface area contributed by atoms with E-state index in [-0.39, 0.29) is 60.1 Å². The average Bonchev–Trinajstić information content (AvgIpc) is 2.77. The molecule has 1 amide bonds. The van der Waals surface area contributed by atoms with Crippen LogP contribution in [0.1, 0.15) is 63.1 Å². The van der Waals surface area contributed by atoms with Crippen LogP contribution in [0.25, 0.3) is 0 Å². The number of methoxy groups -OCH3 is 1. The summed E-state index contributed by atoms with van der Waals surface area (Å²) in [6, 6.07) is 3.63. The number of fused-ring (bicyclic) bond motifs is 1.